The molecule has 0 radical (unpaired) electrons. The molecule has 0 saturated carbocycles. The van der Waals surface area contributed by atoms with Gasteiger partial charge in [-0.05, 0) is 48.7 Å². The number of aryl methyl sites for hydroxylation is 2. The molecule has 3 heteroatoms. The Kier molecular flexibility index (Phi) is 2.68. The normalized spacial score (nSPS) is 10.5. The molecular weight excluding hydrogens is 216 g/mol. The number of phenols is 3. The van der Waals surface area contributed by atoms with E-state index in [4.69, 9.17) is 0 Å². The van der Waals surface area contributed by atoms with Gasteiger partial charge in [-0.25, -0.2) is 0 Å². The molecule has 3 nitrogen and oxygen atoms in total. The zero-order chi connectivity index (χ0) is 12.6. The largest absolute Gasteiger partial charge is 0.508 e. The van der Waals surface area contributed by atoms with Gasteiger partial charge in [-0.15, -0.1) is 0 Å². The van der Waals surface area contributed by atoms with Crippen LogP contribution in [0.1, 0.15) is 11.1 Å². The van der Waals surface area contributed by atoms with Crippen LogP contribution in [0.3, 0.4) is 0 Å². The van der Waals surface area contributed by atoms with E-state index in [9.17, 15) is 15.3 Å². The van der Waals surface area contributed by atoms with E-state index in [0.29, 0.717) is 22.3 Å². The van der Waals surface area contributed by atoms with Crippen LogP contribution in [0.25, 0.3) is 11.1 Å². The highest BCUT2D eigenvalue weighted by molar-refractivity contribution is 5.79. The molecule has 0 aromatic heterocycles. The molecule has 0 fully saturated rings. The van der Waals surface area contributed by atoms with E-state index in [1.54, 1.807) is 32.0 Å². The second kappa shape index (κ2) is 4.01. The summed E-state index contributed by atoms with van der Waals surface area (Å²) >= 11 is 0. The Bertz CT molecular complexity index is 530. The van der Waals surface area contributed by atoms with E-state index in [1.165, 1.54) is 12.1 Å². The van der Waals surface area contributed by atoms with E-state index in [0.717, 1.165) is 0 Å². The van der Waals surface area contributed by atoms with Crippen molar-refractivity contribution in [3.8, 4) is 28.4 Å². The fourth-order valence-electron chi connectivity index (χ4n) is 1.87. The predicted molar refractivity (Wildman–Crippen MR) is 66.3 cm³/mol. The summed E-state index contributed by atoms with van der Waals surface area (Å²) in [5.74, 6) is 0.287. The Labute approximate surface area is 99.6 Å². The number of rotatable bonds is 1. The summed E-state index contributed by atoms with van der Waals surface area (Å²) in [7, 11) is 0. The molecule has 0 saturated heterocycles. The van der Waals surface area contributed by atoms with Gasteiger partial charge < -0.3 is 15.3 Å². The smallest absolute Gasteiger partial charge is 0.130 e. The molecule has 17 heavy (non-hydrogen) atoms. The van der Waals surface area contributed by atoms with Crippen LogP contribution in [-0.4, -0.2) is 15.3 Å². The first kappa shape index (κ1) is 11.3. The van der Waals surface area contributed by atoms with Gasteiger partial charge >= 0.3 is 0 Å². The zero-order valence-electron chi connectivity index (χ0n) is 9.73. The average molecular weight is 230 g/mol. The number of hydrogen-bond acceptors (Lipinski definition) is 3. The van der Waals surface area contributed by atoms with Gasteiger partial charge in [0.05, 0.1) is 5.56 Å². The molecule has 0 aliphatic heterocycles. The highest BCUT2D eigenvalue weighted by Crippen LogP contribution is 2.41. The summed E-state index contributed by atoms with van der Waals surface area (Å²) < 4.78 is 0. The summed E-state index contributed by atoms with van der Waals surface area (Å²) in [6, 6.07) is 8.08. The summed E-state index contributed by atoms with van der Waals surface area (Å²) in [5, 5.41) is 29.2. The van der Waals surface area contributed by atoms with Crippen LogP contribution >= 0.6 is 0 Å². The van der Waals surface area contributed by atoms with Gasteiger partial charge in [-0.3, -0.25) is 0 Å². The second-order valence-electron chi connectivity index (χ2n) is 4.13. The molecule has 0 aliphatic rings. The average Bonchev–Trinajstić information content (AvgIpc) is 2.29. The van der Waals surface area contributed by atoms with Gasteiger partial charge in [0.2, 0.25) is 0 Å². The Morgan fingerprint density at radius 3 is 1.71 bits per heavy atom. The van der Waals surface area contributed by atoms with E-state index < -0.39 is 0 Å². The van der Waals surface area contributed by atoms with Crippen LogP contribution in [0.2, 0.25) is 0 Å². The van der Waals surface area contributed by atoms with Gasteiger partial charge in [0.15, 0.2) is 0 Å². The number of benzene rings is 2. The van der Waals surface area contributed by atoms with Crippen molar-refractivity contribution in [3.05, 3.63) is 41.5 Å². The van der Waals surface area contributed by atoms with Crippen molar-refractivity contribution in [2.45, 2.75) is 13.8 Å². The molecule has 0 unspecified atom stereocenters. The summed E-state index contributed by atoms with van der Waals surface area (Å²) in [6.45, 7) is 3.57. The van der Waals surface area contributed by atoms with Crippen molar-refractivity contribution in [3.63, 3.8) is 0 Å². The maximum Gasteiger partial charge on any atom is 0.130 e. The molecule has 88 valence electrons. The van der Waals surface area contributed by atoms with Crippen LogP contribution in [0.5, 0.6) is 17.2 Å². The lowest BCUT2D eigenvalue weighted by Crippen LogP contribution is -1.87. The first-order chi connectivity index (χ1) is 8.00. The fourth-order valence-corrected chi connectivity index (χ4v) is 1.87. The van der Waals surface area contributed by atoms with Crippen molar-refractivity contribution in [1.29, 1.82) is 0 Å². The van der Waals surface area contributed by atoms with Gasteiger partial charge in [0.1, 0.15) is 17.2 Å². The third kappa shape index (κ3) is 1.91. The summed E-state index contributed by atoms with van der Waals surface area (Å²) in [4.78, 5) is 0. The maximum absolute atomic E-state index is 10.0. The van der Waals surface area contributed by atoms with E-state index >= 15 is 0 Å². The minimum absolute atomic E-state index is 0.0683. The predicted octanol–water partition coefficient (Wildman–Crippen LogP) is 3.09. The van der Waals surface area contributed by atoms with Crippen molar-refractivity contribution in [2.24, 2.45) is 0 Å². The molecule has 0 spiro atoms. The fraction of sp³-hybridized carbons (Fsp3) is 0.143. The molecule has 0 heterocycles. The molecule has 3 N–H and O–H groups in total. The summed E-state index contributed by atoms with van der Waals surface area (Å²) in [6.07, 6.45) is 0. The van der Waals surface area contributed by atoms with Gasteiger partial charge in [0, 0.05) is 0 Å². The van der Waals surface area contributed by atoms with Gasteiger partial charge in [0.25, 0.3) is 0 Å². The minimum Gasteiger partial charge on any atom is -0.508 e. The first-order valence-electron chi connectivity index (χ1n) is 5.32. The monoisotopic (exact) mass is 230 g/mol. The molecule has 0 bridgehead atoms. The standard InChI is InChI=1S/C14H14O3/c1-8-7-9(2)14(17)12(13(8)16)10-3-5-11(15)6-4-10/h3-7,15-17H,1-2H3. The van der Waals surface area contributed by atoms with Crippen molar-refractivity contribution < 1.29 is 15.3 Å². The molecular formula is C14H14O3. The lowest BCUT2D eigenvalue weighted by molar-refractivity contribution is 0.448. The highest BCUT2D eigenvalue weighted by Gasteiger charge is 2.14. The Balaban J connectivity index is 2.70. The second-order valence-corrected chi connectivity index (χ2v) is 4.13. The minimum atomic E-state index is 0.0683. The third-order valence-corrected chi connectivity index (χ3v) is 2.81. The Hall–Kier alpha value is -2.16. The van der Waals surface area contributed by atoms with Crippen LogP contribution in [0.4, 0.5) is 0 Å². The van der Waals surface area contributed by atoms with Crippen molar-refractivity contribution >= 4 is 0 Å². The topological polar surface area (TPSA) is 60.7 Å². The van der Waals surface area contributed by atoms with Crippen LogP contribution in [-0.2, 0) is 0 Å². The SMILES string of the molecule is Cc1cc(C)c(O)c(-c2ccc(O)cc2)c1O. The van der Waals surface area contributed by atoms with Crippen molar-refractivity contribution in [1.82, 2.24) is 0 Å². The van der Waals surface area contributed by atoms with E-state index in [2.05, 4.69) is 0 Å². The zero-order valence-corrected chi connectivity index (χ0v) is 9.73. The molecule has 2 aromatic carbocycles. The van der Waals surface area contributed by atoms with Crippen LogP contribution in [0.15, 0.2) is 30.3 Å². The van der Waals surface area contributed by atoms with Gasteiger partial charge in [-0.1, -0.05) is 12.1 Å². The molecule has 0 aliphatic carbocycles. The lowest BCUT2D eigenvalue weighted by atomic mass is 9.97. The van der Waals surface area contributed by atoms with Gasteiger partial charge in [-0.2, -0.15) is 0 Å². The summed E-state index contributed by atoms with van der Waals surface area (Å²) in [5.41, 5.74) is 2.50. The molecule has 0 atom stereocenters. The lowest BCUT2D eigenvalue weighted by Gasteiger charge is -2.12. The third-order valence-electron chi connectivity index (χ3n) is 2.81. The molecule has 2 aromatic rings. The quantitative estimate of drug-likeness (QED) is 0.705. The number of hydrogen-bond donors (Lipinski definition) is 3. The first-order valence-corrected chi connectivity index (χ1v) is 5.32. The molecule has 0 amide bonds. The highest BCUT2D eigenvalue weighted by atomic mass is 16.3. The van der Waals surface area contributed by atoms with Crippen LogP contribution in [0, 0.1) is 13.8 Å². The number of phenolic OH excluding ortho intramolecular Hbond substituents is 3. The van der Waals surface area contributed by atoms with E-state index in [-0.39, 0.29) is 17.2 Å². The Morgan fingerprint density at radius 2 is 1.24 bits per heavy atom. The van der Waals surface area contributed by atoms with Crippen LogP contribution < -0.4 is 0 Å². The Morgan fingerprint density at radius 1 is 0.765 bits per heavy atom. The number of aromatic hydroxyl groups is 3. The van der Waals surface area contributed by atoms with Crippen molar-refractivity contribution in [2.75, 3.05) is 0 Å². The molecule has 2 rings (SSSR count). The van der Waals surface area contributed by atoms with E-state index in [1.807, 2.05) is 0 Å². The maximum atomic E-state index is 10.0.